The summed E-state index contributed by atoms with van der Waals surface area (Å²) in [6.45, 7) is 4.30. The zero-order chi connectivity index (χ0) is 12.6. The van der Waals surface area contributed by atoms with Crippen LogP contribution in [0.2, 0.25) is 0 Å². The molecule has 90 valence electrons. The van der Waals surface area contributed by atoms with E-state index in [9.17, 15) is 4.79 Å². The van der Waals surface area contributed by atoms with E-state index >= 15 is 0 Å². The molecule has 0 unspecified atom stereocenters. The number of aryl methyl sites for hydroxylation is 1. The first-order valence-corrected chi connectivity index (χ1v) is 5.79. The Morgan fingerprint density at radius 2 is 2.12 bits per heavy atom. The third-order valence-electron chi connectivity index (χ3n) is 3.08. The Labute approximate surface area is 101 Å². The van der Waals surface area contributed by atoms with Crippen molar-refractivity contribution in [3.63, 3.8) is 0 Å². The normalized spacial score (nSPS) is 11.3. The fraction of sp³-hybridized carbons (Fsp3) is 0.357. The van der Waals surface area contributed by atoms with Gasteiger partial charge in [-0.05, 0) is 17.0 Å². The van der Waals surface area contributed by atoms with E-state index in [-0.39, 0.29) is 6.42 Å². The van der Waals surface area contributed by atoms with Gasteiger partial charge in [-0.3, -0.25) is 4.79 Å². The number of benzene rings is 1. The van der Waals surface area contributed by atoms with Crippen LogP contribution in [-0.4, -0.2) is 15.6 Å². The van der Waals surface area contributed by atoms with Crippen molar-refractivity contribution in [2.75, 3.05) is 0 Å². The van der Waals surface area contributed by atoms with Crippen molar-refractivity contribution in [2.45, 2.75) is 26.2 Å². The summed E-state index contributed by atoms with van der Waals surface area (Å²) < 4.78 is 2.03. The minimum absolute atomic E-state index is 0.0822. The summed E-state index contributed by atoms with van der Waals surface area (Å²) in [5, 5.41) is 9.96. The molecule has 1 aromatic carbocycles. The van der Waals surface area contributed by atoms with Crippen molar-refractivity contribution in [3.05, 3.63) is 35.5 Å². The predicted molar refractivity (Wildman–Crippen MR) is 68.3 cm³/mol. The van der Waals surface area contributed by atoms with Gasteiger partial charge in [-0.15, -0.1) is 0 Å². The highest BCUT2D eigenvalue weighted by molar-refractivity contribution is 5.90. The fourth-order valence-electron chi connectivity index (χ4n) is 2.35. The van der Waals surface area contributed by atoms with Crippen molar-refractivity contribution < 1.29 is 9.90 Å². The average Bonchev–Trinajstić information content (AvgIpc) is 2.55. The number of nitrogens with zero attached hydrogens (tertiary/aromatic N) is 1. The lowest BCUT2D eigenvalue weighted by Crippen LogP contribution is -1.99. The summed E-state index contributed by atoms with van der Waals surface area (Å²) in [6.07, 6.45) is 2.00. The van der Waals surface area contributed by atoms with E-state index in [1.807, 2.05) is 29.9 Å². The van der Waals surface area contributed by atoms with Crippen LogP contribution in [0.15, 0.2) is 24.4 Å². The molecule has 17 heavy (non-hydrogen) atoms. The van der Waals surface area contributed by atoms with Gasteiger partial charge in [-0.1, -0.05) is 32.0 Å². The third kappa shape index (κ3) is 2.05. The Morgan fingerprint density at radius 1 is 1.41 bits per heavy atom. The van der Waals surface area contributed by atoms with Crippen molar-refractivity contribution in [1.29, 1.82) is 0 Å². The van der Waals surface area contributed by atoms with Gasteiger partial charge in [0.25, 0.3) is 0 Å². The van der Waals surface area contributed by atoms with Crippen LogP contribution >= 0.6 is 0 Å². The first-order chi connectivity index (χ1) is 8.00. The van der Waals surface area contributed by atoms with E-state index < -0.39 is 5.97 Å². The summed E-state index contributed by atoms with van der Waals surface area (Å²) in [7, 11) is 1.97. The number of carbonyl (C=O) groups is 1. The largest absolute Gasteiger partial charge is 0.481 e. The molecule has 2 aromatic rings. The number of hydrogen-bond acceptors (Lipinski definition) is 1. The molecular weight excluding hydrogens is 214 g/mol. The van der Waals surface area contributed by atoms with Crippen molar-refractivity contribution in [1.82, 2.24) is 4.57 Å². The number of rotatable bonds is 3. The molecule has 1 aromatic heterocycles. The molecular formula is C14H17NO2. The minimum Gasteiger partial charge on any atom is -0.481 e. The highest BCUT2D eigenvalue weighted by Gasteiger charge is 2.13. The quantitative estimate of drug-likeness (QED) is 0.882. The molecule has 0 aliphatic heterocycles. The number of carboxylic acids is 1. The smallest absolute Gasteiger partial charge is 0.307 e. The highest BCUT2D eigenvalue weighted by Crippen LogP contribution is 2.28. The summed E-state index contributed by atoms with van der Waals surface area (Å²) in [5.74, 6) is -0.350. The molecule has 0 saturated heterocycles. The van der Waals surface area contributed by atoms with Gasteiger partial charge in [0.2, 0.25) is 0 Å². The van der Waals surface area contributed by atoms with Crippen LogP contribution in [0.5, 0.6) is 0 Å². The summed E-state index contributed by atoms with van der Waals surface area (Å²) in [5.41, 5.74) is 3.30. The van der Waals surface area contributed by atoms with Crippen LogP contribution in [0.3, 0.4) is 0 Å². The van der Waals surface area contributed by atoms with Gasteiger partial charge in [0.05, 0.1) is 11.9 Å². The number of aliphatic carboxylic acids is 1. The zero-order valence-electron chi connectivity index (χ0n) is 10.4. The average molecular weight is 231 g/mol. The Hall–Kier alpha value is -1.77. The minimum atomic E-state index is -0.785. The molecule has 3 nitrogen and oxygen atoms in total. The number of hydrogen-bond donors (Lipinski definition) is 1. The Kier molecular flexibility index (Phi) is 2.92. The van der Waals surface area contributed by atoms with Gasteiger partial charge < -0.3 is 9.67 Å². The molecule has 0 radical (unpaired) electrons. The molecule has 1 heterocycles. The Balaban J connectivity index is 2.68. The van der Waals surface area contributed by atoms with Crippen molar-refractivity contribution in [2.24, 2.45) is 7.05 Å². The summed E-state index contributed by atoms with van der Waals surface area (Å²) >= 11 is 0. The zero-order valence-corrected chi connectivity index (χ0v) is 10.4. The SMILES string of the molecule is CC(C)c1cccc2c(CC(=O)O)cn(C)c12. The van der Waals surface area contributed by atoms with E-state index in [2.05, 4.69) is 19.9 Å². The lowest BCUT2D eigenvalue weighted by molar-refractivity contribution is -0.136. The molecule has 0 fully saturated rings. The van der Waals surface area contributed by atoms with Crippen LogP contribution in [0, 0.1) is 0 Å². The maximum Gasteiger partial charge on any atom is 0.307 e. The molecule has 1 N–H and O–H groups in total. The maximum absolute atomic E-state index is 10.8. The predicted octanol–water partition coefficient (Wildman–Crippen LogP) is 2.93. The molecule has 0 bridgehead atoms. The lowest BCUT2D eigenvalue weighted by Gasteiger charge is -2.09. The molecule has 0 atom stereocenters. The third-order valence-corrected chi connectivity index (χ3v) is 3.08. The molecule has 0 spiro atoms. The van der Waals surface area contributed by atoms with E-state index in [1.165, 1.54) is 5.56 Å². The number of carboxylic acid groups (broad SMARTS) is 1. The molecule has 0 amide bonds. The maximum atomic E-state index is 10.8. The Morgan fingerprint density at radius 3 is 2.71 bits per heavy atom. The first kappa shape index (κ1) is 11.7. The lowest BCUT2D eigenvalue weighted by atomic mass is 9.99. The molecule has 3 heteroatoms. The second-order valence-electron chi connectivity index (χ2n) is 4.73. The number of aromatic nitrogens is 1. The summed E-state index contributed by atoms with van der Waals surface area (Å²) in [4.78, 5) is 10.8. The molecule has 0 aliphatic rings. The van der Waals surface area contributed by atoms with Gasteiger partial charge in [-0.2, -0.15) is 0 Å². The topological polar surface area (TPSA) is 42.2 Å². The molecule has 0 aliphatic carbocycles. The first-order valence-electron chi connectivity index (χ1n) is 5.79. The van der Waals surface area contributed by atoms with E-state index in [1.54, 1.807) is 0 Å². The van der Waals surface area contributed by atoms with Crippen molar-refractivity contribution in [3.8, 4) is 0 Å². The van der Waals surface area contributed by atoms with Crippen molar-refractivity contribution >= 4 is 16.9 Å². The fourth-order valence-corrected chi connectivity index (χ4v) is 2.35. The van der Waals surface area contributed by atoms with Crippen LogP contribution in [-0.2, 0) is 18.3 Å². The van der Waals surface area contributed by atoms with E-state index in [0.717, 1.165) is 16.5 Å². The summed E-state index contributed by atoms with van der Waals surface area (Å²) in [6, 6.07) is 6.11. The standard InChI is InChI=1S/C14H17NO2/c1-9(2)11-5-4-6-12-10(7-13(16)17)8-15(3)14(11)12/h4-6,8-9H,7H2,1-3H3,(H,16,17). The van der Waals surface area contributed by atoms with Crippen LogP contribution < -0.4 is 0 Å². The van der Waals surface area contributed by atoms with Crippen LogP contribution in [0.4, 0.5) is 0 Å². The van der Waals surface area contributed by atoms with E-state index in [0.29, 0.717) is 5.92 Å². The van der Waals surface area contributed by atoms with Crippen LogP contribution in [0.1, 0.15) is 30.9 Å². The monoisotopic (exact) mass is 231 g/mol. The molecule has 0 saturated carbocycles. The van der Waals surface area contributed by atoms with E-state index in [4.69, 9.17) is 5.11 Å². The highest BCUT2D eigenvalue weighted by atomic mass is 16.4. The van der Waals surface area contributed by atoms with Crippen LogP contribution in [0.25, 0.3) is 10.9 Å². The second kappa shape index (κ2) is 4.24. The van der Waals surface area contributed by atoms with Gasteiger partial charge in [0, 0.05) is 18.6 Å². The number of para-hydroxylation sites is 1. The molecule has 2 rings (SSSR count). The number of fused-ring (bicyclic) bond motifs is 1. The Bertz CT molecular complexity index is 567. The second-order valence-corrected chi connectivity index (χ2v) is 4.73. The van der Waals surface area contributed by atoms with Gasteiger partial charge in [0.1, 0.15) is 0 Å². The van der Waals surface area contributed by atoms with Gasteiger partial charge >= 0.3 is 5.97 Å². The van der Waals surface area contributed by atoms with Gasteiger partial charge in [-0.25, -0.2) is 0 Å². The van der Waals surface area contributed by atoms with Gasteiger partial charge in [0.15, 0.2) is 0 Å².